The normalized spacial score (nSPS) is 27.1. The van der Waals surface area contributed by atoms with E-state index in [1.165, 1.54) is 4.90 Å². The van der Waals surface area contributed by atoms with Crippen LogP contribution in [0.15, 0.2) is 11.6 Å². The molecule has 2 N–H and O–H groups in total. The molecule has 1 saturated heterocycles. The van der Waals surface area contributed by atoms with Gasteiger partial charge in [-0.05, 0) is 31.3 Å². The molecule has 3 rings (SSSR count). The molecule has 24 heavy (non-hydrogen) atoms. The van der Waals surface area contributed by atoms with Crippen LogP contribution in [-0.4, -0.2) is 64.6 Å². The van der Waals surface area contributed by atoms with Gasteiger partial charge in [0.2, 0.25) is 0 Å². The van der Waals surface area contributed by atoms with Crippen molar-refractivity contribution in [1.29, 1.82) is 0 Å². The molecule has 1 saturated carbocycles. The highest BCUT2D eigenvalue weighted by Crippen LogP contribution is 2.31. The lowest BCUT2D eigenvalue weighted by Crippen LogP contribution is -2.50. The van der Waals surface area contributed by atoms with Crippen molar-refractivity contribution >= 4 is 17.9 Å². The fourth-order valence-corrected chi connectivity index (χ4v) is 2.79. The molecule has 2 bridgehead atoms. The molecule has 9 nitrogen and oxygen atoms in total. The molecule has 3 amide bonds. The highest BCUT2D eigenvalue weighted by molar-refractivity contribution is 5.91. The summed E-state index contributed by atoms with van der Waals surface area (Å²) >= 11 is 0. The molecule has 132 valence electrons. The van der Waals surface area contributed by atoms with Crippen LogP contribution in [0.5, 0.6) is 0 Å². The van der Waals surface area contributed by atoms with Crippen LogP contribution in [0.3, 0.4) is 0 Å². The summed E-state index contributed by atoms with van der Waals surface area (Å²) in [5, 5.41) is 9.21. The van der Waals surface area contributed by atoms with Crippen molar-refractivity contribution in [2.24, 2.45) is 5.92 Å². The number of hydrogen-bond acceptors (Lipinski definition) is 5. The number of fused-ring (bicyclic) bond motifs is 2. The highest BCUT2D eigenvalue weighted by Gasteiger charge is 2.48. The first-order chi connectivity index (χ1) is 11.4. The summed E-state index contributed by atoms with van der Waals surface area (Å²) in [5.41, 5.74) is 2.90. The molecule has 3 atom stereocenters. The van der Waals surface area contributed by atoms with Crippen LogP contribution in [0.2, 0.25) is 0 Å². The standard InChI is InChI=1S/C14H18FN3O6/c1-7-4-9-5-17(14(22)18(9)24-11(15)13(20)21)10(7)12(19)16-23-6-8-2-3-8/h4,8-11H,2-3,5-6H2,1H3,(H,16,19)(H,20,21)/t9-,10+,11?/m1/s1. The van der Waals surface area contributed by atoms with Crippen LogP contribution >= 0.6 is 0 Å². The zero-order valence-corrected chi connectivity index (χ0v) is 13.0. The zero-order valence-electron chi connectivity index (χ0n) is 13.0. The molecule has 10 heteroatoms. The van der Waals surface area contributed by atoms with E-state index >= 15 is 0 Å². The van der Waals surface area contributed by atoms with E-state index in [2.05, 4.69) is 10.3 Å². The molecular formula is C14H18FN3O6. The van der Waals surface area contributed by atoms with Gasteiger partial charge >= 0.3 is 18.4 Å². The number of carboxylic acid groups (broad SMARTS) is 1. The average molecular weight is 343 g/mol. The van der Waals surface area contributed by atoms with Gasteiger partial charge in [0.15, 0.2) is 0 Å². The predicted molar refractivity (Wildman–Crippen MR) is 75.7 cm³/mol. The second kappa shape index (κ2) is 6.36. The maximum Gasteiger partial charge on any atom is 0.368 e. The molecule has 3 aliphatic rings. The lowest BCUT2D eigenvalue weighted by atomic mass is 10.0. The summed E-state index contributed by atoms with van der Waals surface area (Å²) in [5.74, 6) is -1.87. The van der Waals surface area contributed by atoms with Gasteiger partial charge in [0.05, 0.1) is 19.2 Å². The monoisotopic (exact) mass is 343 g/mol. The van der Waals surface area contributed by atoms with Crippen molar-refractivity contribution in [1.82, 2.24) is 15.4 Å². The van der Waals surface area contributed by atoms with Crippen LogP contribution in [0.1, 0.15) is 19.8 Å². The predicted octanol–water partition coefficient (Wildman–Crippen LogP) is 0.191. The van der Waals surface area contributed by atoms with Gasteiger partial charge < -0.3 is 10.0 Å². The molecule has 2 aliphatic heterocycles. The van der Waals surface area contributed by atoms with Crippen LogP contribution in [0.4, 0.5) is 9.18 Å². The number of nitrogens with one attached hydrogen (secondary N) is 1. The van der Waals surface area contributed by atoms with Gasteiger partial charge in [-0.2, -0.15) is 5.06 Å². The minimum Gasteiger partial charge on any atom is -0.477 e. The number of alkyl halides is 1. The lowest BCUT2D eigenvalue weighted by molar-refractivity contribution is -0.219. The summed E-state index contributed by atoms with van der Waals surface area (Å²) in [7, 11) is 0. The number of nitrogens with zero attached hydrogens (tertiary/aromatic N) is 2. The number of carbonyl (C=O) groups excluding carboxylic acids is 2. The Kier molecular flexibility index (Phi) is 4.41. The lowest BCUT2D eigenvalue weighted by Gasteiger charge is -2.28. The Morgan fingerprint density at radius 2 is 2.21 bits per heavy atom. The quantitative estimate of drug-likeness (QED) is 0.505. The number of aliphatic carboxylic acids is 1. The van der Waals surface area contributed by atoms with E-state index in [4.69, 9.17) is 9.94 Å². The van der Waals surface area contributed by atoms with E-state index in [-0.39, 0.29) is 6.54 Å². The fraction of sp³-hybridized carbons (Fsp3) is 0.643. The number of halogens is 1. The van der Waals surface area contributed by atoms with Crippen LogP contribution in [0.25, 0.3) is 0 Å². The molecule has 0 aromatic rings. The van der Waals surface area contributed by atoms with Gasteiger partial charge in [-0.3, -0.25) is 9.63 Å². The topological polar surface area (TPSA) is 108 Å². The third-order valence-corrected chi connectivity index (χ3v) is 4.15. The second-order valence-electron chi connectivity index (χ2n) is 6.12. The number of carbonyl (C=O) groups is 3. The Labute approximate surface area is 136 Å². The van der Waals surface area contributed by atoms with E-state index in [1.54, 1.807) is 13.0 Å². The molecule has 2 fully saturated rings. The molecule has 2 heterocycles. The Morgan fingerprint density at radius 3 is 2.83 bits per heavy atom. The molecule has 0 aromatic carbocycles. The van der Waals surface area contributed by atoms with Crippen molar-refractivity contribution in [2.75, 3.05) is 13.2 Å². The number of urea groups is 1. The van der Waals surface area contributed by atoms with E-state index < -0.39 is 36.3 Å². The first kappa shape index (κ1) is 16.7. The van der Waals surface area contributed by atoms with Crippen LogP contribution in [-0.2, 0) is 19.3 Å². The van der Waals surface area contributed by atoms with Crippen molar-refractivity contribution in [3.05, 3.63) is 11.6 Å². The summed E-state index contributed by atoms with van der Waals surface area (Å²) < 4.78 is 13.3. The molecule has 0 spiro atoms. The Hall–Kier alpha value is -2.20. The molecule has 1 aliphatic carbocycles. The van der Waals surface area contributed by atoms with Crippen LogP contribution in [0, 0.1) is 5.92 Å². The maximum absolute atomic E-state index is 13.3. The van der Waals surface area contributed by atoms with Crippen molar-refractivity contribution in [2.45, 2.75) is 38.2 Å². The minimum atomic E-state index is -2.66. The van der Waals surface area contributed by atoms with Crippen molar-refractivity contribution in [3.8, 4) is 0 Å². The minimum absolute atomic E-state index is 0.100. The number of hydrogen-bond donors (Lipinski definition) is 2. The third-order valence-electron chi connectivity index (χ3n) is 4.15. The SMILES string of the molecule is CC1=C[C@@H]2CN(C(=O)N2OC(F)C(=O)O)[C@@H]1C(=O)NOCC1CC1. The highest BCUT2D eigenvalue weighted by atomic mass is 19.1. The zero-order chi connectivity index (χ0) is 17.4. The number of carboxylic acids is 1. The van der Waals surface area contributed by atoms with Crippen molar-refractivity contribution in [3.63, 3.8) is 0 Å². The second-order valence-corrected chi connectivity index (χ2v) is 6.12. The van der Waals surface area contributed by atoms with E-state index in [9.17, 15) is 18.8 Å². The molecule has 1 unspecified atom stereocenters. The summed E-state index contributed by atoms with van der Waals surface area (Å²) in [6.45, 7) is 2.18. The summed E-state index contributed by atoms with van der Waals surface area (Å²) in [6.07, 6.45) is 1.08. The molecular weight excluding hydrogens is 325 g/mol. The summed E-state index contributed by atoms with van der Waals surface area (Å²) in [6, 6.07) is -2.31. The van der Waals surface area contributed by atoms with Gasteiger partial charge in [-0.15, -0.1) is 0 Å². The van der Waals surface area contributed by atoms with E-state index in [0.29, 0.717) is 23.2 Å². The van der Waals surface area contributed by atoms with Gasteiger partial charge in [0.1, 0.15) is 6.04 Å². The average Bonchev–Trinajstić information content (AvgIpc) is 3.31. The fourth-order valence-electron chi connectivity index (χ4n) is 2.79. The number of rotatable bonds is 7. The Balaban J connectivity index is 1.65. The summed E-state index contributed by atoms with van der Waals surface area (Å²) in [4.78, 5) is 46.0. The number of hydroxylamine groups is 3. The smallest absolute Gasteiger partial charge is 0.368 e. The first-order valence-corrected chi connectivity index (χ1v) is 7.62. The van der Waals surface area contributed by atoms with Gasteiger partial charge in [0.25, 0.3) is 5.91 Å². The van der Waals surface area contributed by atoms with Gasteiger partial charge in [0, 0.05) is 0 Å². The Bertz CT molecular complexity index is 593. The largest absolute Gasteiger partial charge is 0.477 e. The van der Waals surface area contributed by atoms with Crippen molar-refractivity contribution < 1.29 is 33.6 Å². The molecule has 0 aromatic heterocycles. The third kappa shape index (κ3) is 3.20. The molecule has 0 radical (unpaired) electrons. The van der Waals surface area contributed by atoms with Crippen LogP contribution < -0.4 is 5.48 Å². The maximum atomic E-state index is 13.3. The number of amides is 3. The Morgan fingerprint density at radius 1 is 1.50 bits per heavy atom. The van der Waals surface area contributed by atoms with E-state index in [0.717, 1.165) is 12.8 Å². The van der Waals surface area contributed by atoms with E-state index in [1.807, 2.05) is 0 Å². The van der Waals surface area contributed by atoms with Gasteiger partial charge in [-0.25, -0.2) is 24.3 Å². The first-order valence-electron chi connectivity index (χ1n) is 7.62. The van der Waals surface area contributed by atoms with Gasteiger partial charge in [-0.1, -0.05) is 6.08 Å².